The molecule has 1 saturated heterocycles. The van der Waals surface area contributed by atoms with Crippen LogP contribution in [0.15, 0.2) is 49.1 Å². The van der Waals surface area contributed by atoms with Crippen LogP contribution in [0.4, 0.5) is 16.4 Å². The first-order valence-electron chi connectivity index (χ1n) is 9.30. The van der Waals surface area contributed by atoms with Crippen LogP contribution in [0, 0.1) is 13.8 Å². The lowest BCUT2D eigenvalue weighted by molar-refractivity contribution is 0.208. The summed E-state index contributed by atoms with van der Waals surface area (Å²) in [5, 5.41) is 2.97. The van der Waals surface area contributed by atoms with Crippen molar-refractivity contribution in [1.29, 1.82) is 0 Å². The minimum absolute atomic E-state index is 0.0867. The molecule has 0 saturated carbocycles. The van der Waals surface area contributed by atoms with Crippen LogP contribution < -0.4 is 10.2 Å². The number of nitrogens with one attached hydrogen (secondary N) is 1. The number of carbonyl (C=O) groups excluding carboxylic acids is 1. The molecule has 3 heterocycles. The summed E-state index contributed by atoms with van der Waals surface area (Å²) in [7, 11) is 0. The molecule has 144 valence electrons. The van der Waals surface area contributed by atoms with E-state index in [0.29, 0.717) is 13.1 Å². The number of hydrogen-bond acceptors (Lipinski definition) is 5. The molecule has 0 atom stereocenters. The number of nitrogens with zero attached hydrogens (tertiary/aromatic N) is 6. The quantitative estimate of drug-likeness (QED) is 0.759. The van der Waals surface area contributed by atoms with Crippen LogP contribution in [-0.2, 0) is 0 Å². The van der Waals surface area contributed by atoms with Crippen molar-refractivity contribution in [2.75, 3.05) is 36.4 Å². The summed E-state index contributed by atoms with van der Waals surface area (Å²) in [5.74, 6) is 0.743. The summed E-state index contributed by atoms with van der Waals surface area (Å²) < 4.78 is 1.92. The Hall–Kier alpha value is -3.42. The Morgan fingerprint density at radius 2 is 1.68 bits per heavy atom. The van der Waals surface area contributed by atoms with Crippen LogP contribution in [0.5, 0.6) is 0 Å². The molecule has 8 heteroatoms. The van der Waals surface area contributed by atoms with Gasteiger partial charge in [-0.25, -0.2) is 19.7 Å². The average Bonchev–Trinajstić information content (AvgIpc) is 3.23. The van der Waals surface area contributed by atoms with E-state index in [1.165, 1.54) is 0 Å². The third-order valence-electron chi connectivity index (χ3n) is 4.74. The van der Waals surface area contributed by atoms with Crippen molar-refractivity contribution in [2.45, 2.75) is 13.8 Å². The Labute approximate surface area is 163 Å². The molecule has 1 aromatic carbocycles. The smallest absolute Gasteiger partial charge is 0.321 e. The van der Waals surface area contributed by atoms with Gasteiger partial charge in [0.05, 0.1) is 6.33 Å². The first-order chi connectivity index (χ1) is 13.6. The van der Waals surface area contributed by atoms with Crippen molar-refractivity contribution in [3.05, 3.63) is 60.4 Å². The first-order valence-corrected chi connectivity index (χ1v) is 9.30. The summed E-state index contributed by atoms with van der Waals surface area (Å²) in [6, 6.07) is 9.57. The van der Waals surface area contributed by atoms with E-state index in [4.69, 9.17) is 0 Å². The van der Waals surface area contributed by atoms with Crippen LogP contribution in [-0.4, -0.2) is 56.6 Å². The van der Waals surface area contributed by atoms with Gasteiger partial charge in [-0.2, -0.15) is 0 Å². The topological polar surface area (TPSA) is 79.2 Å². The van der Waals surface area contributed by atoms with Gasteiger partial charge < -0.3 is 19.7 Å². The molecule has 1 aliphatic rings. The van der Waals surface area contributed by atoms with E-state index in [2.05, 4.69) is 25.2 Å². The number of imidazole rings is 1. The van der Waals surface area contributed by atoms with Gasteiger partial charge in [0.15, 0.2) is 0 Å². The zero-order valence-corrected chi connectivity index (χ0v) is 16.0. The van der Waals surface area contributed by atoms with Crippen molar-refractivity contribution in [3.8, 4) is 5.69 Å². The fourth-order valence-electron chi connectivity index (χ4n) is 3.29. The molecule has 28 heavy (non-hydrogen) atoms. The van der Waals surface area contributed by atoms with Crippen LogP contribution in [0.25, 0.3) is 5.69 Å². The molecule has 2 aromatic heterocycles. The SMILES string of the molecule is Cc1cc(C)nc(N2CCN(C(=O)Nc3ccc(-n4ccnc4)cc3)CC2)n1. The predicted octanol–water partition coefficient (Wildman–Crippen LogP) is 2.63. The summed E-state index contributed by atoms with van der Waals surface area (Å²) in [5.41, 5.74) is 3.69. The van der Waals surface area contributed by atoms with Crippen LogP contribution in [0.1, 0.15) is 11.4 Å². The number of aromatic nitrogens is 4. The molecule has 3 aromatic rings. The van der Waals surface area contributed by atoms with E-state index >= 15 is 0 Å². The molecule has 1 fully saturated rings. The normalized spacial score (nSPS) is 14.2. The molecular formula is C20H23N7O. The van der Waals surface area contributed by atoms with E-state index in [-0.39, 0.29) is 6.03 Å². The molecule has 0 unspecified atom stereocenters. The molecule has 1 aliphatic heterocycles. The van der Waals surface area contributed by atoms with Crippen molar-refractivity contribution in [3.63, 3.8) is 0 Å². The highest BCUT2D eigenvalue weighted by Gasteiger charge is 2.23. The van der Waals surface area contributed by atoms with Gasteiger partial charge in [0, 0.05) is 61.3 Å². The van der Waals surface area contributed by atoms with Crippen LogP contribution in [0.3, 0.4) is 0 Å². The average molecular weight is 377 g/mol. The lowest BCUT2D eigenvalue weighted by atomic mass is 10.2. The second kappa shape index (κ2) is 7.67. The highest BCUT2D eigenvalue weighted by atomic mass is 16.2. The molecule has 0 spiro atoms. The Bertz CT molecular complexity index is 925. The summed E-state index contributed by atoms with van der Waals surface area (Å²) in [6.07, 6.45) is 5.36. The Kier molecular flexibility index (Phi) is 4.92. The number of rotatable bonds is 3. The van der Waals surface area contributed by atoms with E-state index in [9.17, 15) is 4.79 Å². The van der Waals surface area contributed by atoms with Crippen molar-refractivity contribution < 1.29 is 4.79 Å². The number of aryl methyl sites for hydroxylation is 2. The number of piperazine rings is 1. The van der Waals surface area contributed by atoms with Gasteiger partial charge in [-0.05, 0) is 44.2 Å². The van der Waals surface area contributed by atoms with E-state index in [1.807, 2.05) is 59.8 Å². The fraction of sp³-hybridized carbons (Fsp3) is 0.300. The standard InChI is InChI=1S/C20H23N7O/c1-15-13-16(2)23-19(22-15)25-9-11-26(12-10-25)20(28)24-17-3-5-18(6-4-17)27-8-7-21-14-27/h3-8,13-14H,9-12H2,1-2H3,(H,24,28). The van der Waals surface area contributed by atoms with Crippen molar-refractivity contribution in [2.24, 2.45) is 0 Å². The van der Waals surface area contributed by atoms with E-state index < -0.39 is 0 Å². The molecule has 1 N–H and O–H groups in total. The highest BCUT2D eigenvalue weighted by molar-refractivity contribution is 5.89. The molecule has 0 bridgehead atoms. The van der Waals surface area contributed by atoms with Gasteiger partial charge in [-0.1, -0.05) is 0 Å². The van der Waals surface area contributed by atoms with Crippen molar-refractivity contribution >= 4 is 17.7 Å². The van der Waals surface area contributed by atoms with Gasteiger partial charge in [0.1, 0.15) is 0 Å². The van der Waals surface area contributed by atoms with E-state index in [1.54, 1.807) is 12.5 Å². The number of urea groups is 1. The molecule has 0 radical (unpaired) electrons. The number of carbonyl (C=O) groups is 1. The van der Waals surface area contributed by atoms with Crippen LogP contribution in [0.2, 0.25) is 0 Å². The highest BCUT2D eigenvalue weighted by Crippen LogP contribution is 2.16. The van der Waals surface area contributed by atoms with E-state index in [0.717, 1.165) is 41.8 Å². The number of hydrogen-bond donors (Lipinski definition) is 1. The third kappa shape index (κ3) is 3.95. The largest absolute Gasteiger partial charge is 0.337 e. The van der Waals surface area contributed by atoms with Gasteiger partial charge in [0.2, 0.25) is 5.95 Å². The van der Waals surface area contributed by atoms with Gasteiger partial charge in [0.25, 0.3) is 0 Å². The maximum atomic E-state index is 12.6. The summed E-state index contributed by atoms with van der Waals surface area (Å²) in [4.78, 5) is 29.6. The predicted molar refractivity (Wildman–Crippen MR) is 108 cm³/mol. The number of amides is 2. The van der Waals surface area contributed by atoms with Gasteiger partial charge in [-0.3, -0.25) is 0 Å². The Morgan fingerprint density at radius 1 is 1.00 bits per heavy atom. The molecule has 4 rings (SSSR count). The summed E-state index contributed by atoms with van der Waals surface area (Å²) in [6.45, 7) is 6.65. The lowest BCUT2D eigenvalue weighted by Gasteiger charge is -2.34. The Balaban J connectivity index is 1.34. The Morgan fingerprint density at radius 3 is 2.29 bits per heavy atom. The zero-order valence-electron chi connectivity index (χ0n) is 16.0. The minimum atomic E-state index is -0.0867. The zero-order chi connectivity index (χ0) is 19.5. The van der Waals surface area contributed by atoms with Crippen LogP contribution >= 0.6 is 0 Å². The summed E-state index contributed by atoms with van der Waals surface area (Å²) >= 11 is 0. The van der Waals surface area contributed by atoms with Gasteiger partial charge in [-0.15, -0.1) is 0 Å². The third-order valence-corrected chi connectivity index (χ3v) is 4.74. The molecule has 0 aliphatic carbocycles. The second-order valence-electron chi connectivity index (χ2n) is 6.87. The maximum absolute atomic E-state index is 12.6. The lowest BCUT2D eigenvalue weighted by Crippen LogP contribution is -2.50. The minimum Gasteiger partial charge on any atom is -0.337 e. The molecule has 8 nitrogen and oxygen atoms in total. The number of benzene rings is 1. The fourth-order valence-corrected chi connectivity index (χ4v) is 3.29. The monoisotopic (exact) mass is 377 g/mol. The molecule has 2 amide bonds. The first kappa shape index (κ1) is 18.0. The maximum Gasteiger partial charge on any atom is 0.321 e. The van der Waals surface area contributed by atoms with Crippen molar-refractivity contribution in [1.82, 2.24) is 24.4 Å². The van der Waals surface area contributed by atoms with Gasteiger partial charge >= 0.3 is 6.03 Å². The number of anilines is 2. The molecular weight excluding hydrogens is 354 g/mol. The second-order valence-corrected chi connectivity index (χ2v) is 6.87.